The molecule has 2 N–H and O–H groups in total. The van der Waals surface area contributed by atoms with Crippen LogP contribution in [0.3, 0.4) is 0 Å². The molecule has 0 saturated heterocycles. The van der Waals surface area contributed by atoms with E-state index in [2.05, 4.69) is 15.8 Å². The first kappa shape index (κ1) is 19.5. The van der Waals surface area contributed by atoms with Gasteiger partial charge in [0.1, 0.15) is 5.75 Å². The van der Waals surface area contributed by atoms with Crippen LogP contribution in [0.15, 0.2) is 47.6 Å². The largest absolute Gasteiger partial charge is 0.494 e. The summed E-state index contributed by atoms with van der Waals surface area (Å²) >= 11 is 5.28. The van der Waals surface area contributed by atoms with Crippen LogP contribution >= 0.6 is 12.2 Å². The molecule has 0 atom stereocenters. The van der Waals surface area contributed by atoms with Gasteiger partial charge in [0, 0.05) is 11.8 Å². The fraction of sp³-hybridized carbons (Fsp3) is 0.263. The third kappa shape index (κ3) is 5.35. The highest BCUT2D eigenvalue weighted by molar-refractivity contribution is 7.80. The van der Waals surface area contributed by atoms with Crippen LogP contribution < -0.4 is 25.0 Å². The van der Waals surface area contributed by atoms with Crippen molar-refractivity contribution in [2.24, 2.45) is 5.10 Å². The number of hydrogen-bond donors (Lipinski definition) is 2. The number of ether oxygens (including phenoxy) is 3. The molecule has 138 valence electrons. The maximum Gasteiger partial charge on any atom is 0.191 e. The van der Waals surface area contributed by atoms with Gasteiger partial charge in [0.25, 0.3) is 0 Å². The lowest BCUT2D eigenvalue weighted by atomic mass is 10.1. The van der Waals surface area contributed by atoms with Gasteiger partial charge in [-0.1, -0.05) is 0 Å². The van der Waals surface area contributed by atoms with Gasteiger partial charge in [0.15, 0.2) is 16.6 Å². The first-order valence-electron chi connectivity index (χ1n) is 8.14. The molecule has 2 aromatic carbocycles. The van der Waals surface area contributed by atoms with Crippen LogP contribution in [0.25, 0.3) is 0 Å². The molecule has 7 heteroatoms. The van der Waals surface area contributed by atoms with E-state index >= 15 is 0 Å². The topological polar surface area (TPSA) is 64.1 Å². The van der Waals surface area contributed by atoms with E-state index < -0.39 is 0 Å². The minimum Gasteiger partial charge on any atom is -0.494 e. The predicted octanol–water partition coefficient (Wildman–Crippen LogP) is 3.81. The Morgan fingerprint density at radius 3 is 2.35 bits per heavy atom. The molecule has 0 aromatic heterocycles. The van der Waals surface area contributed by atoms with Crippen LogP contribution in [-0.2, 0) is 0 Å². The van der Waals surface area contributed by atoms with Crippen LogP contribution in [0.2, 0.25) is 0 Å². The van der Waals surface area contributed by atoms with Gasteiger partial charge in [-0.3, -0.25) is 5.43 Å². The van der Waals surface area contributed by atoms with Gasteiger partial charge in [-0.25, -0.2) is 0 Å². The van der Waals surface area contributed by atoms with Gasteiger partial charge in [-0.2, -0.15) is 5.10 Å². The lowest BCUT2D eigenvalue weighted by Crippen LogP contribution is -2.25. The maximum absolute atomic E-state index is 5.44. The second kappa shape index (κ2) is 9.62. The Labute approximate surface area is 159 Å². The van der Waals surface area contributed by atoms with Gasteiger partial charge in [-0.15, -0.1) is 0 Å². The SMILES string of the molecule is CCOc1ccc(/C(C)=N\NC(=S)Nc2ccc(OC)c(OC)c2)cc1. The minimum absolute atomic E-state index is 0.377. The zero-order valence-electron chi connectivity index (χ0n) is 15.3. The smallest absolute Gasteiger partial charge is 0.191 e. The lowest BCUT2D eigenvalue weighted by molar-refractivity contribution is 0.340. The van der Waals surface area contributed by atoms with Crippen molar-refractivity contribution in [1.29, 1.82) is 0 Å². The molecule has 0 saturated carbocycles. The van der Waals surface area contributed by atoms with Crippen molar-refractivity contribution in [3.63, 3.8) is 0 Å². The maximum atomic E-state index is 5.44. The van der Waals surface area contributed by atoms with Gasteiger partial charge < -0.3 is 19.5 Å². The van der Waals surface area contributed by atoms with Gasteiger partial charge in [0.2, 0.25) is 0 Å². The molecule has 0 radical (unpaired) electrons. The summed E-state index contributed by atoms with van der Waals surface area (Å²) < 4.78 is 15.9. The summed E-state index contributed by atoms with van der Waals surface area (Å²) in [4.78, 5) is 0. The summed E-state index contributed by atoms with van der Waals surface area (Å²) in [5.41, 5.74) is 5.40. The van der Waals surface area contributed by atoms with Crippen molar-refractivity contribution in [1.82, 2.24) is 5.43 Å². The second-order valence-electron chi connectivity index (χ2n) is 5.29. The molecular formula is C19H23N3O3S. The fourth-order valence-corrected chi connectivity index (χ4v) is 2.39. The van der Waals surface area contributed by atoms with E-state index in [1.165, 1.54) is 0 Å². The molecule has 0 spiro atoms. The number of benzene rings is 2. The van der Waals surface area contributed by atoms with E-state index in [9.17, 15) is 0 Å². The summed E-state index contributed by atoms with van der Waals surface area (Å²) in [5.74, 6) is 2.11. The van der Waals surface area contributed by atoms with Crippen molar-refractivity contribution < 1.29 is 14.2 Å². The zero-order valence-corrected chi connectivity index (χ0v) is 16.1. The number of nitrogens with one attached hydrogen (secondary N) is 2. The first-order chi connectivity index (χ1) is 12.6. The van der Waals surface area contributed by atoms with Crippen LogP contribution in [0.5, 0.6) is 17.2 Å². The van der Waals surface area contributed by atoms with Crippen molar-refractivity contribution in [3.05, 3.63) is 48.0 Å². The van der Waals surface area contributed by atoms with E-state index in [1.54, 1.807) is 26.4 Å². The number of rotatable bonds is 7. The Morgan fingerprint density at radius 2 is 1.73 bits per heavy atom. The standard InChI is InChI=1S/C19H23N3O3S/c1-5-25-16-9-6-14(7-10-16)13(2)21-22-19(26)20-15-8-11-17(23-3)18(12-15)24-4/h6-12H,5H2,1-4H3,(H2,20,22,26)/b21-13-. The number of anilines is 1. The molecule has 0 aliphatic rings. The number of methoxy groups -OCH3 is 2. The monoisotopic (exact) mass is 373 g/mol. The fourth-order valence-electron chi connectivity index (χ4n) is 2.23. The minimum atomic E-state index is 0.377. The third-order valence-corrected chi connectivity index (χ3v) is 3.74. The second-order valence-corrected chi connectivity index (χ2v) is 5.70. The van der Waals surface area contributed by atoms with Crippen LogP contribution in [0.1, 0.15) is 19.4 Å². The molecule has 0 amide bonds. The van der Waals surface area contributed by atoms with Crippen LogP contribution in [-0.4, -0.2) is 31.7 Å². The van der Waals surface area contributed by atoms with Gasteiger partial charge >= 0.3 is 0 Å². The quantitative estimate of drug-likeness (QED) is 0.437. The number of hydrazone groups is 1. The van der Waals surface area contributed by atoms with E-state index in [1.807, 2.05) is 44.2 Å². The number of hydrogen-bond acceptors (Lipinski definition) is 5. The molecule has 0 fully saturated rings. The molecule has 0 aliphatic carbocycles. The molecular weight excluding hydrogens is 350 g/mol. The summed E-state index contributed by atoms with van der Waals surface area (Å²) in [6.07, 6.45) is 0. The van der Waals surface area contributed by atoms with E-state index in [0.717, 1.165) is 22.7 Å². The average Bonchev–Trinajstić information content (AvgIpc) is 2.66. The van der Waals surface area contributed by atoms with Crippen molar-refractivity contribution in [2.45, 2.75) is 13.8 Å². The molecule has 0 aliphatic heterocycles. The Morgan fingerprint density at radius 1 is 1.04 bits per heavy atom. The Hall–Kier alpha value is -2.80. The number of thiocarbonyl (C=S) groups is 1. The highest BCUT2D eigenvalue weighted by atomic mass is 32.1. The lowest BCUT2D eigenvalue weighted by Gasteiger charge is -2.12. The normalized spacial score (nSPS) is 10.8. The van der Waals surface area contributed by atoms with Crippen molar-refractivity contribution in [2.75, 3.05) is 26.1 Å². The van der Waals surface area contributed by atoms with Crippen LogP contribution in [0, 0.1) is 0 Å². The van der Waals surface area contributed by atoms with E-state index in [4.69, 9.17) is 26.4 Å². The predicted molar refractivity (Wildman–Crippen MR) is 109 cm³/mol. The summed E-state index contributed by atoms with van der Waals surface area (Å²) in [7, 11) is 3.18. The molecule has 2 rings (SSSR count). The Balaban J connectivity index is 1.97. The zero-order chi connectivity index (χ0) is 18.9. The average molecular weight is 373 g/mol. The molecule has 26 heavy (non-hydrogen) atoms. The van der Waals surface area contributed by atoms with E-state index in [-0.39, 0.29) is 0 Å². The summed E-state index contributed by atoms with van der Waals surface area (Å²) in [6.45, 7) is 4.50. The molecule has 0 heterocycles. The summed E-state index contributed by atoms with van der Waals surface area (Å²) in [5, 5.41) is 7.74. The molecule has 0 bridgehead atoms. The van der Waals surface area contributed by atoms with Gasteiger partial charge in [0.05, 0.1) is 26.5 Å². The molecule has 2 aromatic rings. The first-order valence-corrected chi connectivity index (χ1v) is 8.54. The van der Waals surface area contributed by atoms with Crippen molar-refractivity contribution in [3.8, 4) is 17.2 Å². The van der Waals surface area contributed by atoms with Gasteiger partial charge in [-0.05, 0) is 68.0 Å². The molecule has 0 unspecified atom stereocenters. The van der Waals surface area contributed by atoms with E-state index in [0.29, 0.717) is 23.2 Å². The molecule has 6 nitrogen and oxygen atoms in total. The highest BCUT2D eigenvalue weighted by Crippen LogP contribution is 2.29. The number of nitrogens with zero attached hydrogens (tertiary/aromatic N) is 1. The summed E-state index contributed by atoms with van der Waals surface area (Å²) in [6, 6.07) is 13.2. The Bertz CT molecular complexity index is 776. The Kier molecular flexibility index (Phi) is 7.23. The third-order valence-electron chi connectivity index (χ3n) is 3.55. The van der Waals surface area contributed by atoms with Crippen LogP contribution in [0.4, 0.5) is 5.69 Å². The van der Waals surface area contributed by atoms with Crippen molar-refractivity contribution >= 4 is 28.7 Å². The highest BCUT2D eigenvalue weighted by Gasteiger charge is 2.06.